The zero-order chi connectivity index (χ0) is 8.81. The molecule has 0 heterocycles. The predicted octanol–water partition coefficient (Wildman–Crippen LogP) is 2.15. The monoisotopic (exact) mass is 170 g/mol. The second-order valence-electron chi connectivity index (χ2n) is 3.28. The van der Waals surface area contributed by atoms with Gasteiger partial charge in [-0.1, -0.05) is 0 Å². The fraction of sp³-hybridized carbons (Fsp3) is 0.800. The van der Waals surface area contributed by atoms with E-state index in [1.54, 1.807) is 14.2 Å². The van der Waals surface area contributed by atoms with Crippen LogP contribution < -0.4 is 0 Å². The van der Waals surface area contributed by atoms with Crippen molar-refractivity contribution in [1.29, 1.82) is 0 Å². The maximum absolute atomic E-state index is 5.14. The van der Waals surface area contributed by atoms with Crippen molar-refractivity contribution in [2.24, 2.45) is 0 Å². The van der Waals surface area contributed by atoms with E-state index in [1.165, 1.54) is 36.8 Å². The van der Waals surface area contributed by atoms with Crippen LogP contribution in [0.5, 0.6) is 0 Å². The van der Waals surface area contributed by atoms with E-state index in [9.17, 15) is 0 Å². The molecule has 0 bridgehead atoms. The Morgan fingerprint density at radius 2 is 1.33 bits per heavy atom. The molecule has 0 aromatic carbocycles. The van der Waals surface area contributed by atoms with Gasteiger partial charge in [-0.05, 0) is 36.8 Å². The molecule has 0 aliphatic heterocycles. The van der Waals surface area contributed by atoms with Crippen molar-refractivity contribution in [1.82, 2.24) is 0 Å². The van der Waals surface area contributed by atoms with Crippen LogP contribution in [0.15, 0.2) is 11.1 Å². The summed E-state index contributed by atoms with van der Waals surface area (Å²) in [6, 6.07) is 0. The molecule has 0 saturated carbocycles. The van der Waals surface area contributed by atoms with Crippen LogP contribution in [0.25, 0.3) is 0 Å². The first-order chi connectivity index (χ1) is 5.88. The number of hydrogen-bond donors (Lipinski definition) is 0. The quantitative estimate of drug-likeness (QED) is 0.602. The van der Waals surface area contributed by atoms with Gasteiger partial charge in [-0.2, -0.15) is 0 Å². The summed E-state index contributed by atoms with van der Waals surface area (Å²) < 4.78 is 10.3. The number of ether oxygens (including phenoxy) is 2. The first-order valence-corrected chi connectivity index (χ1v) is 4.56. The Morgan fingerprint density at radius 3 is 1.67 bits per heavy atom. The molecular formula is C10H18O2. The molecule has 2 nitrogen and oxygen atoms in total. The third-order valence-corrected chi connectivity index (χ3v) is 2.34. The van der Waals surface area contributed by atoms with Gasteiger partial charge in [0.1, 0.15) is 0 Å². The van der Waals surface area contributed by atoms with Crippen molar-refractivity contribution in [2.75, 3.05) is 27.4 Å². The van der Waals surface area contributed by atoms with Crippen LogP contribution in [0.2, 0.25) is 0 Å². The summed E-state index contributed by atoms with van der Waals surface area (Å²) in [5.41, 5.74) is 2.93. The summed E-state index contributed by atoms with van der Waals surface area (Å²) in [6.45, 7) is 1.58. The maximum atomic E-state index is 5.14. The Morgan fingerprint density at radius 1 is 0.917 bits per heavy atom. The summed E-state index contributed by atoms with van der Waals surface area (Å²) in [7, 11) is 3.51. The van der Waals surface area contributed by atoms with Gasteiger partial charge in [0.05, 0.1) is 13.2 Å². The van der Waals surface area contributed by atoms with E-state index in [-0.39, 0.29) is 0 Å². The Labute approximate surface area is 74.6 Å². The van der Waals surface area contributed by atoms with Gasteiger partial charge < -0.3 is 9.47 Å². The topological polar surface area (TPSA) is 18.5 Å². The highest BCUT2D eigenvalue weighted by molar-refractivity contribution is 5.17. The normalized spacial score (nSPS) is 18.5. The molecule has 12 heavy (non-hydrogen) atoms. The van der Waals surface area contributed by atoms with Crippen molar-refractivity contribution < 1.29 is 9.47 Å². The minimum Gasteiger partial charge on any atom is -0.380 e. The predicted molar refractivity (Wildman–Crippen MR) is 49.2 cm³/mol. The van der Waals surface area contributed by atoms with E-state index >= 15 is 0 Å². The summed E-state index contributed by atoms with van der Waals surface area (Å²) in [6.07, 6.45) is 5.02. The van der Waals surface area contributed by atoms with Gasteiger partial charge in [-0.15, -0.1) is 0 Å². The molecule has 1 aliphatic rings. The second-order valence-corrected chi connectivity index (χ2v) is 3.28. The average Bonchev–Trinajstić information content (AvgIpc) is 2.09. The van der Waals surface area contributed by atoms with E-state index < -0.39 is 0 Å². The first kappa shape index (κ1) is 9.75. The lowest BCUT2D eigenvalue weighted by Gasteiger charge is -2.19. The van der Waals surface area contributed by atoms with Crippen LogP contribution in [-0.4, -0.2) is 27.4 Å². The molecule has 0 spiro atoms. The van der Waals surface area contributed by atoms with Crippen LogP contribution in [0.3, 0.4) is 0 Å². The summed E-state index contributed by atoms with van der Waals surface area (Å²) in [5.74, 6) is 0. The van der Waals surface area contributed by atoms with Crippen LogP contribution in [0.4, 0.5) is 0 Å². The van der Waals surface area contributed by atoms with Gasteiger partial charge in [-0.25, -0.2) is 0 Å². The van der Waals surface area contributed by atoms with E-state index in [0.717, 1.165) is 13.2 Å². The van der Waals surface area contributed by atoms with Gasteiger partial charge in [0.25, 0.3) is 0 Å². The molecule has 0 saturated heterocycles. The molecule has 0 N–H and O–H groups in total. The van der Waals surface area contributed by atoms with Crippen molar-refractivity contribution >= 4 is 0 Å². The van der Waals surface area contributed by atoms with Gasteiger partial charge in [0.15, 0.2) is 0 Å². The molecule has 0 radical (unpaired) electrons. The maximum Gasteiger partial charge on any atom is 0.0676 e. The van der Waals surface area contributed by atoms with Crippen molar-refractivity contribution in [2.45, 2.75) is 25.7 Å². The van der Waals surface area contributed by atoms with E-state index in [4.69, 9.17) is 9.47 Å². The smallest absolute Gasteiger partial charge is 0.0676 e. The van der Waals surface area contributed by atoms with E-state index in [1.807, 2.05) is 0 Å². The largest absolute Gasteiger partial charge is 0.380 e. The molecule has 0 aromatic heterocycles. The molecule has 0 unspecified atom stereocenters. The van der Waals surface area contributed by atoms with Crippen LogP contribution in [0, 0.1) is 0 Å². The van der Waals surface area contributed by atoms with E-state index in [2.05, 4.69) is 0 Å². The Kier molecular flexibility index (Phi) is 4.33. The molecular weight excluding hydrogens is 152 g/mol. The van der Waals surface area contributed by atoms with Gasteiger partial charge in [-0.3, -0.25) is 0 Å². The third kappa shape index (κ3) is 2.61. The fourth-order valence-corrected chi connectivity index (χ4v) is 1.73. The number of methoxy groups -OCH3 is 2. The van der Waals surface area contributed by atoms with Crippen LogP contribution in [0.1, 0.15) is 25.7 Å². The fourth-order valence-electron chi connectivity index (χ4n) is 1.73. The van der Waals surface area contributed by atoms with Gasteiger partial charge in [0, 0.05) is 14.2 Å². The Bertz CT molecular complexity index is 143. The van der Waals surface area contributed by atoms with Crippen LogP contribution >= 0.6 is 0 Å². The summed E-state index contributed by atoms with van der Waals surface area (Å²) in [4.78, 5) is 0. The third-order valence-electron chi connectivity index (χ3n) is 2.34. The second kappa shape index (κ2) is 5.33. The highest BCUT2D eigenvalue weighted by Gasteiger charge is 2.11. The Balaban J connectivity index is 2.55. The lowest BCUT2D eigenvalue weighted by Crippen LogP contribution is -2.08. The molecule has 0 atom stereocenters. The highest BCUT2D eigenvalue weighted by Crippen LogP contribution is 2.24. The summed E-state index contributed by atoms with van der Waals surface area (Å²) >= 11 is 0. The minimum absolute atomic E-state index is 0.790. The van der Waals surface area contributed by atoms with Gasteiger partial charge in [0.2, 0.25) is 0 Å². The molecule has 0 fully saturated rings. The molecule has 0 aromatic rings. The van der Waals surface area contributed by atoms with Crippen molar-refractivity contribution in [3.05, 3.63) is 11.1 Å². The highest BCUT2D eigenvalue weighted by atomic mass is 16.5. The van der Waals surface area contributed by atoms with Gasteiger partial charge >= 0.3 is 0 Å². The molecule has 2 heteroatoms. The Hall–Kier alpha value is -0.340. The number of hydrogen-bond acceptors (Lipinski definition) is 2. The zero-order valence-corrected chi connectivity index (χ0v) is 8.06. The average molecular weight is 170 g/mol. The number of rotatable bonds is 4. The first-order valence-electron chi connectivity index (χ1n) is 4.56. The molecule has 0 amide bonds. The van der Waals surface area contributed by atoms with Crippen LogP contribution in [-0.2, 0) is 9.47 Å². The molecule has 70 valence electrons. The van der Waals surface area contributed by atoms with Crippen molar-refractivity contribution in [3.63, 3.8) is 0 Å². The summed E-state index contributed by atoms with van der Waals surface area (Å²) in [5, 5.41) is 0. The van der Waals surface area contributed by atoms with Crippen molar-refractivity contribution in [3.8, 4) is 0 Å². The standard InChI is InChI=1S/C10H18O2/c1-11-7-9-5-3-4-6-10(9)8-12-2/h3-8H2,1-2H3. The lowest BCUT2D eigenvalue weighted by molar-refractivity contribution is 0.203. The SMILES string of the molecule is COCC1=C(COC)CCCC1. The minimum atomic E-state index is 0.790. The molecule has 1 aliphatic carbocycles. The van der Waals surface area contributed by atoms with E-state index in [0.29, 0.717) is 0 Å². The zero-order valence-electron chi connectivity index (χ0n) is 8.06. The molecule has 1 rings (SSSR count). The lowest BCUT2D eigenvalue weighted by atomic mass is 9.92.